The van der Waals surface area contributed by atoms with Gasteiger partial charge in [-0.05, 0) is 18.6 Å². The van der Waals surface area contributed by atoms with Gasteiger partial charge in [0.15, 0.2) is 16.7 Å². The largest absolute Gasteiger partial charge is 0.493 e. The summed E-state index contributed by atoms with van der Waals surface area (Å²) in [7, 11) is 1.80. The predicted octanol–water partition coefficient (Wildman–Crippen LogP) is 2.78. The van der Waals surface area contributed by atoms with Gasteiger partial charge in [-0.3, -0.25) is 4.21 Å². The van der Waals surface area contributed by atoms with Crippen molar-refractivity contribution in [2.75, 3.05) is 20.0 Å². The van der Waals surface area contributed by atoms with Gasteiger partial charge < -0.3 is 20.2 Å². The average Bonchev–Trinajstić information content (AvgIpc) is 2.99. The fraction of sp³-hybridized carbons (Fsp3) is 0.235. The van der Waals surface area contributed by atoms with E-state index >= 15 is 0 Å². The van der Waals surface area contributed by atoms with E-state index in [1.165, 1.54) is 0 Å². The Bertz CT molecular complexity index is 880. The van der Waals surface area contributed by atoms with Crippen molar-refractivity contribution in [3.05, 3.63) is 41.5 Å². The van der Waals surface area contributed by atoms with Crippen LogP contribution < -0.4 is 15.2 Å². The van der Waals surface area contributed by atoms with Crippen molar-refractivity contribution in [1.29, 1.82) is 0 Å². The molecule has 1 heterocycles. The minimum Gasteiger partial charge on any atom is -0.493 e. The Balaban J connectivity index is 1.94. The van der Waals surface area contributed by atoms with Crippen LogP contribution in [0.1, 0.15) is 11.1 Å². The molecule has 1 aromatic heterocycles. The number of nitrogens with two attached hydrogens (primary N) is 1. The Kier molecular flexibility index (Phi) is 4.44. The van der Waals surface area contributed by atoms with E-state index in [0.29, 0.717) is 33.6 Å². The Hall–Kier alpha value is -2.54. The van der Waals surface area contributed by atoms with Crippen molar-refractivity contribution in [1.82, 2.24) is 9.97 Å². The maximum atomic E-state index is 12.7. The second-order valence-electron chi connectivity index (χ2n) is 5.46. The highest BCUT2D eigenvalue weighted by atomic mass is 32.2. The van der Waals surface area contributed by atoms with Gasteiger partial charge >= 0.3 is 0 Å². The monoisotopic (exact) mass is 345 g/mol. The summed E-state index contributed by atoms with van der Waals surface area (Å²) < 4.78 is 23.2. The number of aromatic amines is 1. The van der Waals surface area contributed by atoms with Gasteiger partial charge in [0.05, 0.1) is 41.8 Å². The zero-order chi connectivity index (χ0) is 17.3. The van der Waals surface area contributed by atoms with Gasteiger partial charge in [-0.25, -0.2) is 4.98 Å². The molecule has 0 spiro atoms. The Morgan fingerprint density at radius 2 is 1.88 bits per heavy atom. The van der Waals surface area contributed by atoms with Crippen LogP contribution in [0.3, 0.4) is 0 Å². The summed E-state index contributed by atoms with van der Waals surface area (Å²) in [4.78, 5) is 7.50. The SMILES string of the molecule is COc1cc2nc(S(=O)Cc3cc(C)ccc3N)[nH]c2cc1OC. The first-order chi connectivity index (χ1) is 11.5. The number of hydrogen-bond donors (Lipinski definition) is 2. The molecule has 3 rings (SSSR count). The highest BCUT2D eigenvalue weighted by Crippen LogP contribution is 2.31. The highest BCUT2D eigenvalue weighted by molar-refractivity contribution is 7.84. The van der Waals surface area contributed by atoms with Crippen LogP contribution in [0.15, 0.2) is 35.5 Å². The number of rotatable bonds is 5. The van der Waals surface area contributed by atoms with E-state index < -0.39 is 10.8 Å². The van der Waals surface area contributed by atoms with Crippen molar-refractivity contribution in [2.45, 2.75) is 17.8 Å². The third-order valence-corrected chi connectivity index (χ3v) is 4.96. The number of methoxy groups -OCH3 is 2. The molecule has 0 aliphatic heterocycles. The molecule has 1 atom stereocenters. The van der Waals surface area contributed by atoms with E-state index in [1.54, 1.807) is 26.4 Å². The molecular formula is C17H19N3O3S. The third kappa shape index (κ3) is 3.07. The van der Waals surface area contributed by atoms with Crippen LogP contribution in [-0.2, 0) is 16.6 Å². The maximum absolute atomic E-state index is 12.7. The molecule has 2 aromatic carbocycles. The number of nitrogens with zero attached hydrogens (tertiary/aromatic N) is 1. The van der Waals surface area contributed by atoms with Crippen LogP contribution in [0.2, 0.25) is 0 Å². The number of H-pyrrole nitrogens is 1. The fourth-order valence-electron chi connectivity index (χ4n) is 2.49. The van der Waals surface area contributed by atoms with Gasteiger partial charge in [0.25, 0.3) is 0 Å². The number of aromatic nitrogens is 2. The third-order valence-electron chi connectivity index (χ3n) is 3.77. The Morgan fingerprint density at radius 1 is 1.17 bits per heavy atom. The van der Waals surface area contributed by atoms with Gasteiger partial charge in [0.2, 0.25) is 0 Å². The number of aryl methyl sites for hydroxylation is 1. The lowest BCUT2D eigenvalue weighted by atomic mass is 10.1. The van der Waals surface area contributed by atoms with E-state index in [1.807, 2.05) is 25.1 Å². The molecule has 0 amide bonds. The number of benzene rings is 2. The maximum Gasteiger partial charge on any atom is 0.197 e. The first-order valence-electron chi connectivity index (χ1n) is 7.37. The van der Waals surface area contributed by atoms with Crippen LogP contribution in [0.5, 0.6) is 11.5 Å². The van der Waals surface area contributed by atoms with Gasteiger partial charge in [-0.15, -0.1) is 0 Å². The molecule has 3 aromatic rings. The summed E-state index contributed by atoms with van der Waals surface area (Å²) in [6, 6.07) is 9.24. The summed E-state index contributed by atoms with van der Waals surface area (Å²) in [6.45, 7) is 1.98. The highest BCUT2D eigenvalue weighted by Gasteiger charge is 2.15. The van der Waals surface area contributed by atoms with Gasteiger partial charge in [-0.2, -0.15) is 0 Å². The molecule has 0 aliphatic carbocycles. The second kappa shape index (κ2) is 6.52. The number of nitrogen functional groups attached to an aromatic ring is 1. The fourth-order valence-corrected chi connectivity index (χ4v) is 3.58. The summed E-state index contributed by atoms with van der Waals surface area (Å²) in [6.07, 6.45) is 0. The quantitative estimate of drug-likeness (QED) is 0.694. The first kappa shape index (κ1) is 16.3. The minimum absolute atomic E-state index is 0.307. The molecule has 0 saturated heterocycles. The van der Waals surface area contributed by atoms with E-state index in [0.717, 1.165) is 16.6 Å². The minimum atomic E-state index is -1.33. The van der Waals surface area contributed by atoms with Crippen molar-refractivity contribution in [2.24, 2.45) is 0 Å². The van der Waals surface area contributed by atoms with Crippen molar-refractivity contribution < 1.29 is 13.7 Å². The molecule has 3 N–H and O–H groups in total. The zero-order valence-electron chi connectivity index (χ0n) is 13.8. The normalized spacial score (nSPS) is 12.3. The van der Waals surface area contributed by atoms with Crippen molar-refractivity contribution in [3.8, 4) is 11.5 Å². The average molecular weight is 345 g/mol. The lowest BCUT2D eigenvalue weighted by molar-refractivity contribution is 0.356. The topological polar surface area (TPSA) is 90.2 Å². The Morgan fingerprint density at radius 3 is 2.58 bits per heavy atom. The van der Waals surface area contributed by atoms with Gasteiger partial charge in [0, 0.05) is 17.8 Å². The predicted molar refractivity (Wildman–Crippen MR) is 94.9 cm³/mol. The standard InChI is InChI=1S/C17H19N3O3S/c1-10-4-5-12(18)11(6-10)9-24(21)17-19-13-7-15(22-2)16(23-3)8-14(13)20-17/h4-8H,9,18H2,1-3H3,(H,19,20). The molecular weight excluding hydrogens is 326 g/mol. The number of ether oxygens (including phenoxy) is 2. The van der Waals surface area contributed by atoms with Crippen LogP contribution in [0.25, 0.3) is 11.0 Å². The summed E-state index contributed by atoms with van der Waals surface area (Å²) in [5.74, 6) is 1.48. The van der Waals surface area contributed by atoms with Crippen LogP contribution in [-0.4, -0.2) is 28.4 Å². The van der Waals surface area contributed by atoms with Crippen LogP contribution in [0, 0.1) is 6.92 Å². The zero-order valence-corrected chi connectivity index (χ0v) is 14.6. The van der Waals surface area contributed by atoms with Gasteiger partial charge in [-0.1, -0.05) is 17.7 Å². The molecule has 1 unspecified atom stereocenters. The summed E-state index contributed by atoms with van der Waals surface area (Å²) in [5, 5.41) is 0.404. The van der Waals surface area contributed by atoms with E-state index in [2.05, 4.69) is 9.97 Å². The smallest absolute Gasteiger partial charge is 0.197 e. The lowest BCUT2D eigenvalue weighted by Gasteiger charge is -2.06. The van der Waals surface area contributed by atoms with E-state index in [-0.39, 0.29) is 0 Å². The Labute approximate surface area is 142 Å². The number of hydrogen-bond acceptors (Lipinski definition) is 5. The summed E-state index contributed by atoms with van der Waals surface area (Å²) in [5.41, 5.74) is 9.95. The second-order valence-corrected chi connectivity index (χ2v) is 6.82. The van der Waals surface area contributed by atoms with E-state index in [4.69, 9.17) is 15.2 Å². The van der Waals surface area contributed by atoms with Gasteiger partial charge in [0.1, 0.15) is 0 Å². The molecule has 0 fully saturated rings. The molecule has 0 bridgehead atoms. The lowest BCUT2D eigenvalue weighted by Crippen LogP contribution is -2.02. The molecule has 6 nitrogen and oxygen atoms in total. The van der Waals surface area contributed by atoms with Crippen molar-refractivity contribution in [3.63, 3.8) is 0 Å². The molecule has 126 valence electrons. The summed E-state index contributed by atoms with van der Waals surface area (Å²) >= 11 is 0. The molecule has 24 heavy (non-hydrogen) atoms. The van der Waals surface area contributed by atoms with Crippen LogP contribution in [0.4, 0.5) is 5.69 Å². The number of imidazole rings is 1. The molecule has 0 aliphatic rings. The molecule has 0 radical (unpaired) electrons. The number of nitrogens with one attached hydrogen (secondary N) is 1. The van der Waals surface area contributed by atoms with Crippen molar-refractivity contribution >= 4 is 27.5 Å². The number of fused-ring (bicyclic) bond motifs is 1. The van der Waals surface area contributed by atoms with E-state index in [9.17, 15) is 4.21 Å². The molecule has 7 heteroatoms. The van der Waals surface area contributed by atoms with Crippen LogP contribution >= 0.6 is 0 Å². The first-order valence-corrected chi connectivity index (χ1v) is 8.69. The molecule has 0 saturated carbocycles. The number of anilines is 1.